The van der Waals surface area contributed by atoms with Crippen molar-refractivity contribution < 1.29 is 9.18 Å². The highest BCUT2D eigenvalue weighted by atomic mass is 35.5. The molecular weight excluding hydrogens is 527 g/mol. The Bertz CT molecular complexity index is 1640. The largest absolute Gasteiger partial charge is 0.340 e. The highest BCUT2D eigenvalue weighted by Crippen LogP contribution is 2.26. The highest BCUT2D eigenvalue weighted by Gasteiger charge is 2.23. The van der Waals surface area contributed by atoms with E-state index in [2.05, 4.69) is 15.3 Å². The van der Waals surface area contributed by atoms with Gasteiger partial charge >= 0.3 is 0 Å². The second kappa shape index (κ2) is 11.1. The molecule has 5 aromatic rings. The van der Waals surface area contributed by atoms with E-state index in [4.69, 9.17) is 16.6 Å². The molecule has 202 valence electrons. The minimum Gasteiger partial charge on any atom is -0.340 e. The Labute approximate surface area is 236 Å². The fraction of sp³-hybridized carbons (Fsp3) is 0.194. The van der Waals surface area contributed by atoms with Crippen LogP contribution in [-0.4, -0.2) is 56.5 Å². The first-order valence-electron chi connectivity index (χ1n) is 13.2. The van der Waals surface area contributed by atoms with Gasteiger partial charge in [0.1, 0.15) is 11.6 Å². The number of fused-ring (bicyclic) bond motifs is 1. The van der Waals surface area contributed by atoms with Crippen LogP contribution >= 0.6 is 11.6 Å². The Kier molecular flexibility index (Phi) is 7.19. The smallest absolute Gasteiger partial charge is 0.253 e. The Morgan fingerprint density at radius 2 is 1.70 bits per heavy atom. The molecule has 3 heterocycles. The van der Waals surface area contributed by atoms with Gasteiger partial charge in [0, 0.05) is 72.3 Å². The maximum absolute atomic E-state index is 14.2. The van der Waals surface area contributed by atoms with Crippen LogP contribution in [0.1, 0.15) is 21.6 Å². The van der Waals surface area contributed by atoms with Gasteiger partial charge in [0.05, 0.1) is 11.4 Å². The maximum Gasteiger partial charge on any atom is 0.253 e. The van der Waals surface area contributed by atoms with Crippen molar-refractivity contribution in [3.63, 3.8) is 0 Å². The van der Waals surface area contributed by atoms with Crippen LogP contribution in [0.15, 0.2) is 84.9 Å². The second-order valence-electron chi connectivity index (χ2n) is 9.92. The van der Waals surface area contributed by atoms with E-state index < -0.39 is 0 Å². The molecule has 9 heteroatoms. The average molecular weight is 555 g/mol. The molecule has 0 radical (unpaired) electrons. The fourth-order valence-corrected chi connectivity index (χ4v) is 5.20. The van der Waals surface area contributed by atoms with Crippen LogP contribution in [0.3, 0.4) is 0 Å². The second-order valence-corrected chi connectivity index (χ2v) is 10.3. The lowest BCUT2D eigenvalue weighted by molar-refractivity contribution is 0.0627. The molecule has 1 aliphatic heterocycles. The number of anilines is 2. The zero-order valence-electron chi connectivity index (χ0n) is 22.0. The van der Waals surface area contributed by atoms with E-state index in [1.807, 2.05) is 78.6 Å². The molecule has 1 aliphatic rings. The number of piperazine rings is 1. The Hall–Kier alpha value is -4.27. The van der Waals surface area contributed by atoms with Crippen LogP contribution in [0.5, 0.6) is 0 Å². The van der Waals surface area contributed by atoms with Crippen molar-refractivity contribution in [2.45, 2.75) is 13.5 Å². The zero-order valence-corrected chi connectivity index (χ0v) is 22.8. The first-order valence-corrected chi connectivity index (χ1v) is 13.6. The molecule has 3 aromatic carbocycles. The molecular formula is C31H28ClFN6O. The fourth-order valence-electron chi connectivity index (χ4n) is 4.98. The van der Waals surface area contributed by atoms with Gasteiger partial charge in [-0.2, -0.15) is 9.61 Å². The molecule has 1 saturated heterocycles. The lowest BCUT2D eigenvalue weighted by Crippen LogP contribution is -2.48. The minimum atomic E-state index is -0.300. The molecule has 1 fully saturated rings. The van der Waals surface area contributed by atoms with Crippen molar-refractivity contribution in [3.8, 4) is 11.3 Å². The van der Waals surface area contributed by atoms with E-state index in [0.29, 0.717) is 48.9 Å². The summed E-state index contributed by atoms with van der Waals surface area (Å²) >= 11 is 6.19. The Balaban J connectivity index is 1.13. The molecule has 1 amide bonds. The molecule has 0 atom stereocenters. The summed E-state index contributed by atoms with van der Waals surface area (Å²) in [5.74, 6) is 0.462. The first kappa shape index (κ1) is 26.0. The molecule has 0 aliphatic carbocycles. The number of hydrogen-bond acceptors (Lipinski definition) is 5. The number of rotatable bonds is 6. The number of halogens is 2. The van der Waals surface area contributed by atoms with Crippen LogP contribution in [0, 0.1) is 12.7 Å². The topological polar surface area (TPSA) is 65.8 Å². The molecule has 2 aromatic heterocycles. The summed E-state index contributed by atoms with van der Waals surface area (Å²) in [4.78, 5) is 21.9. The molecule has 6 rings (SSSR count). The van der Waals surface area contributed by atoms with Gasteiger partial charge in [-0.15, -0.1) is 0 Å². The number of amides is 1. The van der Waals surface area contributed by atoms with Crippen molar-refractivity contribution in [1.29, 1.82) is 0 Å². The molecule has 0 saturated carbocycles. The quantitative estimate of drug-likeness (QED) is 0.271. The van der Waals surface area contributed by atoms with E-state index in [0.717, 1.165) is 34.1 Å². The summed E-state index contributed by atoms with van der Waals surface area (Å²) in [6.45, 7) is 4.82. The summed E-state index contributed by atoms with van der Waals surface area (Å²) in [5, 5.41) is 8.46. The third-order valence-electron chi connectivity index (χ3n) is 7.13. The van der Waals surface area contributed by atoms with E-state index in [-0.39, 0.29) is 11.7 Å². The van der Waals surface area contributed by atoms with E-state index in [1.54, 1.807) is 16.6 Å². The normalized spacial score (nSPS) is 14.0. The standard InChI is InChI=1S/C31H28ClFN6O/c1-21-18-29-35-28(22-6-3-2-4-7-22)19-30(39(29)36-21)34-24-12-10-23(11-13-24)31(40)38-16-14-37(15-17-38)20-25-26(32)8-5-9-27(25)33/h2-13,18-19,34H,14-17,20H2,1H3. The summed E-state index contributed by atoms with van der Waals surface area (Å²) in [7, 11) is 0. The number of nitrogens with one attached hydrogen (secondary N) is 1. The van der Waals surface area contributed by atoms with E-state index in [9.17, 15) is 9.18 Å². The van der Waals surface area contributed by atoms with Crippen molar-refractivity contribution in [3.05, 3.63) is 113 Å². The highest BCUT2D eigenvalue weighted by molar-refractivity contribution is 6.31. The molecule has 0 bridgehead atoms. The number of aromatic nitrogens is 3. The van der Waals surface area contributed by atoms with Crippen LogP contribution in [-0.2, 0) is 6.54 Å². The number of carbonyl (C=O) groups is 1. The zero-order chi connectivity index (χ0) is 27.6. The summed E-state index contributed by atoms with van der Waals surface area (Å²) in [6, 6.07) is 26.1. The van der Waals surface area contributed by atoms with Crippen molar-refractivity contribution in [2.24, 2.45) is 0 Å². The lowest BCUT2D eigenvalue weighted by atomic mass is 10.1. The van der Waals surface area contributed by atoms with Gasteiger partial charge < -0.3 is 10.2 Å². The SMILES string of the molecule is Cc1cc2nc(-c3ccccc3)cc(Nc3ccc(C(=O)N4CCN(Cc5c(F)cccc5Cl)CC4)cc3)n2n1. The first-order chi connectivity index (χ1) is 19.4. The third kappa shape index (κ3) is 5.41. The molecule has 0 unspecified atom stereocenters. The van der Waals surface area contributed by atoms with Crippen LogP contribution in [0.2, 0.25) is 5.02 Å². The van der Waals surface area contributed by atoms with Crippen LogP contribution in [0.25, 0.3) is 16.9 Å². The van der Waals surface area contributed by atoms with Crippen molar-refractivity contribution >= 4 is 34.7 Å². The van der Waals surface area contributed by atoms with E-state index in [1.165, 1.54) is 6.07 Å². The Morgan fingerprint density at radius 3 is 2.42 bits per heavy atom. The summed E-state index contributed by atoms with van der Waals surface area (Å²) in [6.07, 6.45) is 0. The van der Waals surface area contributed by atoms with Gasteiger partial charge in [-0.05, 0) is 43.3 Å². The van der Waals surface area contributed by atoms with Gasteiger partial charge in [-0.25, -0.2) is 9.37 Å². The predicted octanol–water partition coefficient (Wildman–Crippen LogP) is 6.20. The van der Waals surface area contributed by atoms with Gasteiger partial charge in [0.2, 0.25) is 0 Å². The van der Waals surface area contributed by atoms with Gasteiger partial charge in [0.15, 0.2) is 5.65 Å². The van der Waals surface area contributed by atoms with Crippen molar-refractivity contribution in [1.82, 2.24) is 24.4 Å². The Morgan fingerprint density at radius 1 is 0.950 bits per heavy atom. The van der Waals surface area contributed by atoms with Gasteiger partial charge in [0.25, 0.3) is 5.91 Å². The van der Waals surface area contributed by atoms with Crippen LogP contribution in [0.4, 0.5) is 15.9 Å². The number of aryl methyl sites for hydroxylation is 1. The number of hydrogen-bond donors (Lipinski definition) is 1. The lowest BCUT2D eigenvalue weighted by Gasteiger charge is -2.35. The third-order valence-corrected chi connectivity index (χ3v) is 7.48. The molecule has 40 heavy (non-hydrogen) atoms. The average Bonchev–Trinajstić information content (AvgIpc) is 3.36. The molecule has 1 N–H and O–H groups in total. The monoisotopic (exact) mass is 554 g/mol. The van der Waals surface area contributed by atoms with Gasteiger partial charge in [-0.3, -0.25) is 9.69 Å². The summed E-state index contributed by atoms with van der Waals surface area (Å²) in [5.41, 5.74) is 5.45. The van der Waals surface area contributed by atoms with E-state index >= 15 is 0 Å². The number of nitrogens with zero attached hydrogens (tertiary/aromatic N) is 5. The summed E-state index contributed by atoms with van der Waals surface area (Å²) < 4.78 is 16.0. The maximum atomic E-state index is 14.2. The van der Waals surface area contributed by atoms with Crippen molar-refractivity contribution in [2.75, 3.05) is 31.5 Å². The number of benzene rings is 3. The van der Waals surface area contributed by atoms with Gasteiger partial charge in [-0.1, -0.05) is 48.0 Å². The molecule has 7 nitrogen and oxygen atoms in total. The molecule has 0 spiro atoms. The number of carbonyl (C=O) groups excluding carboxylic acids is 1. The van der Waals surface area contributed by atoms with Crippen LogP contribution < -0.4 is 5.32 Å². The predicted molar refractivity (Wildman–Crippen MR) is 155 cm³/mol. The minimum absolute atomic E-state index is 0.0181.